The van der Waals surface area contributed by atoms with Gasteiger partial charge in [-0.15, -0.1) is 0 Å². The van der Waals surface area contributed by atoms with Crippen LogP contribution in [0, 0.1) is 11.3 Å². The number of benzene rings is 1. The number of urea groups is 1. The van der Waals surface area contributed by atoms with Crippen LogP contribution in [0.2, 0.25) is 0 Å². The van der Waals surface area contributed by atoms with Gasteiger partial charge < -0.3 is 15.0 Å². The van der Waals surface area contributed by atoms with Crippen LogP contribution in [0.3, 0.4) is 0 Å². The van der Waals surface area contributed by atoms with Gasteiger partial charge in [0.2, 0.25) is 0 Å². The van der Waals surface area contributed by atoms with Gasteiger partial charge >= 0.3 is 6.03 Å². The summed E-state index contributed by atoms with van der Waals surface area (Å²) in [6.45, 7) is 2.69. The minimum absolute atomic E-state index is 0.0712. The Morgan fingerprint density at radius 1 is 1.38 bits per heavy atom. The standard InChI is InChI=1S/C18H20N4O2/c1-14(16-4-3-9-20-13-16)22(2)18(23)21-10-11-24-17-7-5-15(12-19)6-8-17/h3-9,13-14H,10-11H2,1-2H3,(H,21,23)/t14-/m1/s1. The Morgan fingerprint density at radius 2 is 2.12 bits per heavy atom. The van der Waals surface area contributed by atoms with Crippen molar-refractivity contribution < 1.29 is 9.53 Å². The highest BCUT2D eigenvalue weighted by atomic mass is 16.5. The van der Waals surface area contributed by atoms with Crippen molar-refractivity contribution in [3.8, 4) is 11.8 Å². The van der Waals surface area contributed by atoms with Crippen molar-refractivity contribution in [3.05, 3.63) is 59.9 Å². The number of nitriles is 1. The molecule has 0 aliphatic carbocycles. The highest BCUT2D eigenvalue weighted by molar-refractivity contribution is 5.74. The second-order valence-electron chi connectivity index (χ2n) is 5.29. The maximum Gasteiger partial charge on any atom is 0.317 e. The molecule has 1 heterocycles. The lowest BCUT2D eigenvalue weighted by Crippen LogP contribution is -2.40. The monoisotopic (exact) mass is 324 g/mol. The Bertz CT molecular complexity index is 695. The van der Waals surface area contributed by atoms with E-state index in [0.717, 1.165) is 5.56 Å². The summed E-state index contributed by atoms with van der Waals surface area (Å²) >= 11 is 0. The first kappa shape index (κ1) is 17.3. The molecule has 2 aromatic rings. The fourth-order valence-corrected chi connectivity index (χ4v) is 2.10. The predicted octanol–water partition coefficient (Wildman–Crippen LogP) is 2.73. The van der Waals surface area contributed by atoms with E-state index in [1.165, 1.54) is 0 Å². The van der Waals surface area contributed by atoms with Crippen molar-refractivity contribution >= 4 is 6.03 Å². The zero-order valence-electron chi connectivity index (χ0n) is 13.8. The molecular weight excluding hydrogens is 304 g/mol. The van der Waals surface area contributed by atoms with Crippen molar-refractivity contribution in [2.24, 2.45) is 0 Å². The number of carbonyl (C=O) groups is 1. The van der Waals surface area contributed by atoms with Gasteiger partial charge in [0.05, 0.1) is 24.2 Å². The topological polar surface area (TPSA) is 78.2 Å². The molecule has 1 N–H and O–H groups in total. The number of hydrogen-bond acceptors (Lipinski definition) is 4. The van der Waals surface area contributed by atoms with E-state index >= 15 is 0 Å². The third-order valence-corrected chi connectivity index (χ3v) is 3.70. The maximum atomic E-state index is 12.2. The van der Waals surface area contributed by atoms with Crippen LogP contribution in [0.15, 0.2) is 48.8 Å². The first-order valence-electron chi connectivity index (χ1n) is 7.65. The Balaban J connectivity index is 1.75. The van der Waals surface area contributed by atoms with Crippen LogP contribution >= 0.6 is 0 Å². The molecule has 2 amide bonds. The highest BCUT2D eigenvalue weighted by Crippen LogP contribution is 2.17. The van der Waals surface area contributed by atoms with Gasteiger partial charge in [-0.2, -0.15) is 5.26 Å². The SMILES string of the molecule is C[C@H](c1cccnc1)N(C)C(=O)NCCOc1ccc(C#N)cc1. The Hall–Kier alpha value is -3.07. The maximum absolute atomic E-state index is 12.2. The lowest BCUT2D eigenvalue weighted by Gasteiger charge is -2.25. The Labute approximate surface area is 141 Å². The quantitative estimate of drug-likeness (QED) is 0.829. The molecule has 24 heavy (non-hydrogen) atoms. The van der Waals surface area contributed by atoms with Crippen LogP contribution < -0.4 is 10.1 Å². The van der Waals surface area contributed by atoms with E-state index < -0.39 is 0 Å². The van der Waals surface area contributed by atoms with Gasteiger partial charge in [0.1, 0.15) is 12.4 Å². The fourth-order valence-electron chi connectivity index (χ4n) is 2.10. The first-order chi connectivity index (χ1) is 11.6. The molecule has 0 saturated carbocycles. The normalized spacial score (nSPS) is 11.2. The summed E-state index contributed by atoms with van der Waals surface area (Å²) in [6.07, 6.45) is 3.46. The average molecular weight is 324 g/mol. The third-order valence-electron chi connectivity index (χ3n) is 3.70. The molecule has 1 atom stereocenters. The predicted molar refractivity (Wildman–Crippen MR) is 90.5 cm³/mol. The van der Waals surface area contributed by atoms with Crippen molar-refractivity contribution in [3.63, 3.8) is 0 Å². The lowest BCUT2D eigenvalue weighted by atomic mass is 10.1. The van der Waals surface area contributed by atoms with Crippen molar-refractivity contribution in [2.45, 2.75) is 13.0 Å². The van der Waals surface area contributed by atoms with Gasteiger partial charge in [-0.3, -0.25) is 4.98 Å². The van der Waals surface area contributed by atoms with E-state index in [9.17, 15) is 4.79 Å². The van der Waals surface area contributed by atoms with E-state index in [1.54, 1.807) is 48.6 Å². The number of ether oxygens (including phenoxy) is 1. The van der Waals surface area contributed by atoms with Crippen LogP contribution in [0.4, 0.5) is 4.79 Å². The number of amides is 2. The average Bonchev–Trinajstić information content (AvgIpc) is 2.65. The number of nitrogens with zero attached hydrogens (tertiary/aromatic N) is 3. The smallest absolute Gasteiger partial charge is 0.317 e. The van der Waals surface area contributed by atoms with Gasteiger partial charge in [0, 0.05) is 19.4 Å². The molecule has 0 aliphatic rings. The Morgan fingerprint density at radius 3 is 2.75 bits per heavy atom. The summed E-state index contributed by atoms with van der Waals surface area (Å²) in [6, 6.07) is 12.4. The number of aromatic nitrogens is 1. The molecule has 1 aromatic carbocycles. The molecule has 0 bridgehead atoms. The number of hydrogen-bond donors (Lipinski definition) is 1. The molecule has 0 aliphatic heterocycles. The minimum Gasteiger partial charge on any atom is -0.492 e. The van der Waals surface area contributed by atoms with Crippen LogP contribution in [0.5, 0.6) is 5.75 Å². The van der Waals surface area contributed by atoms with Crippen molar-refractivity contribution in [1.82, 2.24) is 15.2 Å². The molecule has 6 nitrogen and oxygen atoms in total. The molecule has 0 fully saturated rings. The van der Waals surface area contributed by atoms with Gasteiger partial charge in [0.25, 0.3) is 0 Å². The third kappa shape index (κ3) is 4.71. The summed E-state index contributed by atoms with van der Waals surface area (Å²) in [5, 5.41) is 11.6. The molecule has 124 valence electrons. The number of carbonyl (C=O) groups excluding carboxylic acids is 1. The van der Waals surface area contributed by atoms with Crippen molar-refractivity contribution in [2.75, 3.05) is 20.2 Å². The van der Waals surface area contributed by atoms with Gasteiger partial charge in [0.15, 0.2) is 0 Å². The molecule has 0 radical (unpaired) electrons. The van der Waals surface area contributed by atoms with E-state index in [0.29, 0.717) is 24.5 Å². The van der Waals surface area contributed by atoms with Crippen LogP contribution in [0.25, 0.3) is 0 Å². The highest BCUT2D eigenvalue weighted by Gasteiger charge is 2.16. The lowest BCUT2D eigenvalue weighted by molar-refractivity contribution is 0.191. The molecule has 2 rings (SSSR count). The number of nitrogens with one attached hydrogen (secondary N) is 1. The zero-order chi connectivity index (χ0) is 17.4. The van der Waals surface area contributed by atoms with Gasteiger partial charge in [-0.25, -0.2) is 4.79 Å². The van der Waals surface area contributed by atoms with Crippen LogP contribution in [-0.2, 0) is 0 Å². The summed E-state index contributed by atoms with van der Waals surface area (Å²) < 4.78 is 5.53. The molecular formula is C18H20N4O2. The summed E-state index contributed by atoms with van der Waals surface area (Å²) in [4.78, 5) is 17.8. The first-order valence-corrected chi connectivity index (χ1v) is 7.65. The van der Waals surface area contributed by atoms with E-state index in [1.807, 2.05) is 19.1 Å². The summed E-state index contributed by atoms with van der Waals surface area (Å²) in [7, 11) is 1.74. The van der Waals surface area contributed by atoms with Crippen molar-refractivity contribution in [1.29, 1.82) is 5.26 Å². The Kier molecular flexibility index (Phi) is 6.15. The molecule has 0 saturated heterocycles. The number of rotatable bonds is 6. The van der Waals surface area contributed by atoms with Gasteiger partial charge in [-0.05, 0) is 42.8 Å². The molecule has 0 unspecified atom stereocenters. The minimum atomic E-state index is -0.171. The molecule has 6 heteroatoms. The molecule has 0 spiro atoms. The van der Waals surface area contributed by atoms with Gasteiger partial charge in [-0.1, -0.05) is 6.07 Å². The summed E-state index contributed by atoms with van der Waals surface area (Å²) in [5.41, 5.74) is 1.56. The van der Waals surface area contributed by atoms with E-state index in [2.05, 4.69) is 16.4 Å². The summed E-state index contributed by atoms with van der Waals surface area (Å²) in [5.74, 6) is 0.667. The molecule has 1 aromatic heterocycles. The zero-order valence-corrected chi connectivity index (χ0v) is 13.8. The second kappa shape index (κ2) is 8.53. The largest absolute Gasteiger partial charge is 0.492 e. The van der Waals surface area contributed by atoms with Crippen LogP contribution in [-0.4, -0.2) is 36.1 Å². The van der Waals surface area contributed by atoms with E-state index in [-0.39, 0.29) is 12.1 Å². The number of pyridine rings is 1. The van der Waals surface area contributed by atoms with E-state index in [4.69, 9.17) is 10.00 Å². The second-order valence-corrected chi connectivity index (χ2v) is 5.29. The fraction of sp³-hybridized carbons (Fsp3) is 0.278. The van der Waals surface area contributed by atoms with Crippen LogP contribution in [0.1, 0.15) is 24.1 Å².